The molecule has 0 saturated carbocycles. The first-order valence-electron chi connectivity index (χ1n) is 7.22. The Kier molecular flexibility index (Phi) is 2.99. The third-order valence-electron chi connectivity index (χ3n) is 4.73. The van der Waals surface area contributed by atoms with Crippen LogP contribution in [0, 0.1) is 5.92 Å². The molecule has 1 aromatic carbocycles. The number of nitrogens with two attached hydrogens (primary N) is 1. The number of aliphatic imine (C=N–C) groups is 1. The van der Waals surface area contributed by atoms with Gasteiger partial charge in [0.15, 0.2) is 11.5 Å². The fraction of sp³-hybridized carbons (Fsp3) is 0.467. The highest BCUT2D eigenvalue weighted by Gasteiger charge is 2.60. The van der Waals surface area contributed by atoms with E-state index in [1.165, 1.54) is 4.90 Å². The van der Waals surface area contributed by atoms with Crippen molar-refractivity contribution in [2.24, 2.45) is 16.6 Å². The van der Waals surface area contributed by atoms with Crippen molar-refractivity contribution in [1.29, 1.82) is 0 Å². The maximum atomic E-state index is 13.0. The number of hydrogen-bond acceptors (Lipinski definition) is 5. The van der Waals surface area contributed by atoms with E-state index in [2.05, 4.69) is 20.9 Å². The number of carbonyl (C=O) groups is 1. The van der Waals surface area contributed by atoms with Gasteiger partial charge in [-0.15, -0.1) is 0 Å². The third kappa shape index (κ3) is 1.69. The van der Waals surface area contributed by atoms with Gasteiger partial charge < -0.3 is 15.2 Å². The fourth-order valence-corrected chi connectivity index (χ4v) is 3.96. The van der Waals surface area contributed by atoms with Gasteiger partial charge >= 0.3 is 0 Å². The number of hydrogen-bond donors (Lipinski definition) is 1. The van der Waals surface area contributed by atoms with Crippen LogP contribution in [0.2, 0.25) is 0 Å². The quantitative estimate of drug-likeness (QED) is 0.749. The van der Waals surface area contributed by atoms with Crippen LogP contribution in [-0.2, 0) is 15.1 Å². The average Bonchev–Trinajstić information content (AvgIpc) is 2.74. The maximum Gasteiger partial charge on any atom is 0.262 e. The van der Waals surface area contributed by atoms with E-state index in [1.54, 1.807) is 7.05 Å². The molecule has 4 rings (SSSR count). The number of halogens is 1. The molecule has 0 aromatic heterocycles. The predicted octanol–water partition coefficient (Wildman–Crippen LogP) is 1.23. The number of carbonyl (C=O) groups excluding carboxylic acids is 1. The van der Waals surface area contributed by atoms with E-state index in [0.29, 0.717) is 19.0 Å². The molecule has 1 spiro atoms. The van der Waals surface area contributed by atoms with E-state index in [-0.39, 0.29) is 23.9 Å². The molecular weight excluding hydrogens is 350 g/mol. The number of nitrogens with zero attached hydrogens (tertiary/aromatic N) is 2. The highest BCUT2D eigenvalue weighted by atomic mass is 79.9. The van der Waals surface area contributed by atoms with Gasteiger partial charge in [0, 0.05) is 23.5 Å². The van der Waals surface area contributed by atoms with Crippen LogP contribution in [0.15, 0.2) is 27.7 Å². The minimum Gasteiger partial charge on any atom is -0.489 e. The molecule has 3 aliphatic heterocycles. The van der Waals surface area contributed by atoms with E-state index in [9.17, 15) is 4.79 Å². The zero-order chi connectivity index (χ0) is 15.5. The summed E-state index contributed by atoms with van der Waals surface area (Å²) < 4.78 is 12.6. The second-order valence-corrected chi connectivity index (χ2v) is 6.78. The molecule has 6 nitrogen and oxygen atoms in total. The lowest BCUT2D eigenvalue weighted by Gasteiger charge is -2.45. The number of amides is 1. The number of rotatable bonds is 0. The standard InChI is InChI=1S/C15H16BrN3O3/c1-19-13(20)15(18-14(19)17)9-6-8(16)2-3-11(9)22-12-4-5-21-7-10(12)15/h2-3,6,10,12H,4-5,7H2,1H3,(H2,17,18)/t10?,12-,15-/m1/s1. The lowest BCUT2D eigenvalue weighted by atomic mass is 9.72. The molecule has 22 heavy (non-hydrogen) atoms. The summed E-state index contributed by atoms with van der Waals surface area (Å²) in [7, 11) is 1.65. The van der Waals surface area contributed by atoms with E-state index < -0.39 is 5.54 Å². The molecule has 2 N–H and O–H groups in total. The number of fused-ring (bicyclic) bond motifs is 4. The lowest BCUT2D eigenvalue weighted by molar-refractivity contribution is -0.141. The van der Waals surface area contributed by atoms with Gasteiger partial charge in [-0.2, -0.15) is 0 Å². The van der Waals surface area contributed by atoms with Crippen molar-refractivity contribution in [1.82, 2.24) is 4.90 Å². The highest BCUT2D eigenvalue weighted by molar-refractivity contribution is 9.10. The first-order valence-corrected chi connectivity index (χ1v) is 8.01. The van der Waals surface area contributed by atoms with Crippen molar-refractivity contribution >= 4 is 27.8 Å². The van der Waals surface area contributed by atoms with Crippen molar-refractivity contribution in [3.05, 3.63) is 28.2 Å². The van der Waals surface area contributed by atoms with Crippen LogP contribution in [-0.4, -0.2) is 43.1 Å². The van der Waals surface area contributed by atoms with Gasteiger partial charge in [0.2, 0.25) is 0 Å². The van der Waals surface area contributed by atoms with Gasteiger partial charge in [0.05, 0.1) is 19.1 Å². The summed E-state index contributed by atoms with van der Waals surface area (Å²) in [6, 6.07) is 5.68. The Morgan fingerprint density at radius 2 is 2.32 bits per heavy atom. The van der Waals surface area contributed by atoms with Crippen LogP contribution in [0.4, 0.5) is 0 Å². The average molecular weight is 366 g/mol. The summed E-state index contributed by atoms with van der Waals surface area (Å²) in [6.07, 6.45) is 0.656. The molecule has 1 aromatic rings. The first kappa shape index (κ1) is 14.0. The van der Waals surface area contributed by atoms with Crippen molar-refractivity contribution < 1.29 is 14.3 Å². The van der Waals surface area contributed by atoms with Gasteiger partial charge in [-0.05, 0) is 18.2 Å². The minimum absolute atomic E-state index is 0.0885. The zero-order valence-corrected chi connectivity index (χ0v) is 13.7. The van der Waals surface area contributed by atoms with Crippen LogP contribution in [0.5, 0.6) is 5.75 Å². The SMILES string of the molecule is CN1C(=O)[C@@]2(N=C1N)c1cc(Br)ccc1O[C@@H]1CCOCC12. The van der Waals surface area contributed by atoms with Gasteiger partial charge in [0.25, 0.3) is 5.91 Å². The summed E-state index contributed by atoms with van der Waals surface area (Å²) >= 11 is 3.47. The Morgan fingerprint density at radius 1 is 1.50 bits per heavy atom. The monoisotopic (exact) mass is 365 g/mol. The molecular formula is C15H16BrN3O3. The smallest absolute Gasteiger partial charge is 0.262 e. The second kappa shape index (κ2) is 4.70. The molecule has 0 radical (unpaired) electrons. The molecule has 3 atom stereocenters. The molecule has 0 aliphatic carbocycles. The normalized spacial score (nSPS) is 33.3. The van der Waals surface area contributed by atoms with Crippen molar-refractivity contribution in [2.75, 3.05) is 20.3 Å². The predicted molar refractivity (Wildman–Crippen MR) is 83.6 cm³/mol. The Morgan fingerprint density at radius 3 is 3.05 bits per heavy atom. The molecule has 7 heteroatoms. The Bertz CT molecular complexity index is 693. The van der Waals surface area contributed by atoms with Gasteiger partial charge in [-0.1, -0.05) is 15.9 Å². The van der Waals surface area contributed by atoms with Gasteiger partial charge in [-0.25, -0.2) is 4.99 Å². The van der Waals surface area contributed by atoms with E-state index in [4.69, 9.17) is 15.2 Å². The van der Waals surface area contributed by atoms with Crippen LogP contribution in [0.3, 0.4) is 0 Å². The summed E-state index contributed by atoms with van der Waals surface area (Å²) in [5, 5.41) is 0. The zero-order valence-electron chi connectivity index (χ0n) is 12.1. The van der Waals surface area contributed by atoms with Crippen LogP contribution < -0.4 is 10.5 Å². The Balaban J connectivity index is 1.97. The van der Waals surface area contributed by atoms with E-state index in [0.717, 1.165) is 16.5 Å². The number of likely N-dealkylation sites (N-methyl/N-ethyl adjacent to an activating group) is 1. The van der Waals surface area contributed by atoms with Crippen molar-refractivity contribution in [2.45, 2.75) is 18.1 Å². The Hall–Kier alpha value is -1.60. The largest absolute Gasteiger partial charge is 0.489 e. The minimum atomic E-state index is -1.04. The molecule has 1 saturated heterocycles. The second-order valence-electron chi connectivity index (χ2n) is 5.87. The van der Waals surface area contributed by atoms with Gasteiger partial charge in [0.1, 0.15) is 11.9 Å². The maximum absolute atomic E-state index is 13.0. The number of benzene rings is 1. The third-order valence-corrected chi connectivity index (χ3v) is 5.22. The molecule has 1 fully saturated rings. The van der Waals surface area contributed by atoms with Crippen LogP contribution in [0.25, 0.3) is 0 Å². The lowest BCUT2D eigenvalue weighted by Crippen LogP contribution is -2.56. The van der Waals surface area contributed by atoms with Crippen LogP contribution >= 0.6 is 15.9 Å². The fourth-order valence-electron chi connectivity index (χ4n) is 3.59. The molecule has 0 bridgehead atoms. The Labute approximate surface area is 136 Å². The number of guanidine groups is 1. The van der Waals surface area contributed by atoms with E-state index in [1.807, 2.05) is 18.2 Å². The molecule has 1 unspecified atom stereocenters. The molecule has 116 valence electrons. The molecule has 1 amide bonds. The van der Waals surface area contributed by atoms with Crippen LogP contribution in [0.1, 0.15) is 12.0 Å². The number of ether oxygens (including phenoxy) is 2. The topological polar surface area (TPSA) is 77.2 Å². The molecule has 3 heterocycles. The van der Waals surface area contributed by atoms with E-state index >= 15 is 0 Å². The summed E-state index contributed by atoms with van der Waals surface area (Å²) in [5.74, 6) is 0.654. The van der Waals surface area contributed by atoms with Gasteiger partial charge in [-0.3, -0.25) is 9.69 Å². The highest BCUT2D eigenvalue weighted by Crippen LogP contribution is 2.51. The summed E-state index contributed by atoms with van der Waals surface area (Å²) in [6.45, 7) is 1.07. The van der Waals surface area contributed by atoms with Crippen molar-refractivity contribution in [3.63, 3.8) is 0 Å². The van der Waals surface area contributed by atoms with Crippen molar-refractivity contribution in [3.8, 4) is 5.75 Å². The molecule has 3 aliphatic rings. The first-order chi connectivity index (χ1) is 10.5. The summed E-state index contributed by atoms with van der Waals surface area (Å²) in [5.41, 5.74) is 5.67. The summed E-state index contributed by atoms with van der Waals surface area (Å²) in [4.78, 5) is 19.0.